The topological polar surface area (TPSA) is 108 Å². The summed E-state index contributed by atoms with van der Waals surface area (Å²) >= 11 is 1.24. The zero-order valence-electron chi connectivity index (χ0n) is 13.8. The number of benzene rings is 1. The lowest BCUT2D eigenvalue weighted by Crippen LogP contribution is -2.21. The summed E-state index contributed by atoms with van der Waals surface area (Å²) in [4.78, 5) is 23.9. The van der Waals surface area contributed by atoms with Gasteiger partial charge in [-0.15, -0.1) is 16.4 Å². The molecule has 0 aliphatic carbocycles. The van der Waals surface area contributed by atoms with E-state index in [0.717, 1.165) is 5.69 Å². The molecule has 1 N–H and O–H groups in total. The lowest BCUT2D eigenvalue weighted by atomic mass is 10.3. The maximum atomic E-state index is 12.1. The summed E-state index contributed by atoms with van der Waals surface area (Å²) in [5.41, 5.74) is 1.10. The van der Waals surface area contributed by atoms with Gasteiger partial charge in [-0.1, -0.05) is 0 Å². The van der Waals surface area contributed by atoms with Crippen LogP contribution in [0.15, 0.2) is 42.0 Å². The normalized spacial score (nSPS) is 10.3. The molecule has 0 bridgehead atoms. The maximum Gasteiger partial charge on any atom is 0.341 e. The van der Waals surface area contributed by atoms with Gasteiger partial charge in [-0.2, -0.15) is 0 Å². The van der Waals surface area contributed by atoms with Crippen LogP contribution in [-0.2, 0) is 9.53 Å². The van der Waals surface area contributed by atoms with E-state index in [9.17, 15) is 9.59 Å². The van der Waals surface area contributed by atoms with E-state index in [1.54, 1.807) is 42.6 Å². The molecule has 1 amide bonds. The molecule has 0 unspecified atom stereocenters. The van der Waals surface area contributed by atoms with E-state index >= 15 is 0 Å². The first-order valence-corrected chi connectivity index (χ1v) is 8.56. The molecular weight excluding hydrogens is 358 g/mol. The van der Waals surface area contributed by atoms with Gasteiger partial charge < -0.3 is 14.8 Å². The number of nitrogens with zero attached hydrogens (tertiary/aromatic N) is 4. The molecule has 0 radical (unpaired) electrons. The van der Waals surface area contributed by atoms with Gasteiger partial charge in [0.25, 0.3) is 5.91 Å². The molecular formula is C16H15N5O4S. The largest absolute Gasteiger partial charge is 0.484 e. The highest BCUT2D eigenvalue weighted by Gasteiger charge is 2.16. The molecule has 134 valence electrons. The Hall–Kier alpha value is -3.27. The van der Waals surface area contributed by atoms with Crippen LogP contribution >= 0.6 is 11.3 Å². The lowest BCUT2D eigenvalue weighted by Gasteiger charge is -2.08. The number of rotatable bonds is 7. The number of thiophene rings is 1. The van der Waals surface area contributed by atoms with Crippen molar-refractivity contribution in [3.8, 4) is 11.4 Å². The first kappa shape index (κ1) is 17.5. The number of nitrogens with one attached hydrogen (secondary N) is 1. The average molecular weight is 373 g/mol. The Morgan fingerprint density at radius 2 is 2.04 bits per heavy atom. The van der Waals surface area contributed by atoms with Crippen molar-refractivity contribution in [2.24, 2.45) is 0 Å². The molecule has 1 aromatic carbocycles. The number of carbonyl (C=O) groups is 2. The molecule has 3 aromatic rings. The van der Waals surface area contributed by atoms with Crippen molar-refractivity contribution in [3.05, 3.63) is 47.6 Å². The fourth-order valence-corrected chi connectivity index (χ4v) is 2.85. The second-order valence-electron chi connectivity index (χ2n) is 4.97. The van der Waals surface area contributed by atoms with Gasteiger partial charge in [-0.25, -0.2) is 9.48 Å². The fraction of sp³-hybridized carbons (Fsp3) is 0.188. The van der Waals surface area contributed by atoms with Crippen molar-refractivity contribution in [1.29, 1.82) is 0 Å². The number of anilines is 1. The minimum atomic E-state index is -0.469. The number of amides is 1. The SMILES string of the molecule is CCOC(=O)c1ccsc1NC(=O)COc1ccc(-n2cnnn2)cc1. The van der Waals surface area contributed by atoms with Gasteiger partial charge in [0, 0.05) is 0 Å². The van der Waals surface area contributed by atoms with Crippen LogP contribution in [0.25, 0.3) is 5.69 Å². The molecule has 10 heteroatoms. The quantitative estimate of drug-likeness (QED) is 0.630. The van der Waals surface area contributed by atoms with E-state index in [-0.39, 0.29) is 19.1 Å². The summed E-state index contributed by atoms with van der Waals surface area (Å²) in [5, 5.41) is 15.7. The number of hydrogen-bond acceptors (Lipinski definition) is 8. The first-order valence-electron chi connectivity index (χ1n) is 7.68. The number of hydrogen-bond donors (Lipinski definition) is 1. The van der Waals surface area contributed by atoms with Crippen molar-refractivity contribution in [2.75, 3.05) is 18.5 Å². The van der Waals surface area contributed by atoms with Crippen molar-refractivity contribution in [2.45, 2.75) is 6.92 Å². The molecule has 3 rings (SSSR count). The van der Waals surface area contributed by atoms with E-state index in [2.05, 4.69) is 20.8 Å². The average Bonchev–Trinajstić information content (AvgIpc) is 3.32. The number of ether oxygens (including phenoxy) is 2. The molecule has 0 spiro atoms. The smallest absolute Gasteiger partial charge is 0.341 e. The van der Waals surface area contributed by atoms with Gasteiger partial charge in [0.1, 0.15) is 17.1 Å². The molecule has 2 aromatic heterocycles. The van der Waals surface area contributed by atoms with Crippen molar-refractivity contribution in [1.82, 2.24) is 20.2 Å². The van der Waals surface area contributed by atoms with Gasteiger partial charge >= 0.3 is 5.97 Å². The lowest BCUT2D eigenvalue weighted by molar-refractivity contribution is -0.118. The highest BCUT2D eigenvalue weighted by atomic mass is 32.1. The van der Waals surface area contributed by atoms with Gasteiger partial charge in [-0.05, 0) is 53.1 Å². The van der Waals surface area contributed by atoms with Crippen molar-refractivity contribution < 1.29 is 19.1 Å². The third kappa shape index (κ3) is 4.22. The van der Waals surface area contributed by atoms with E-state index < -0.39 is 5.97 Å². The number of tetrazole rings is 1. The van der Waals surface area contributed by atoms with Crippen molar-refractivity contribution >= 4 is 28.2 Å². The fourth-order valence-electron chi connectivity index (χ4n) is 2.06. The van der Waals surface area contributed by atoms with Crippen LogP contribution in [-0.4, -0.2) is 45.3 Å². The van der Waals surface area contributed by atoms with E-state index in [4.69, 9.17) is 9.47 Å². The van der Waals surface area contributed by atoms with Crippen LogP contribution in [0.3, 0.4) is 0 Å². The maximum absolute atomic E-state index is 12.1. The predicted molar refractivity (Wildman–Crippen MR) is 93.6 cm³/mol. The van der Waals surface area contributed by atoms with Crippen LogP contribution in [0.4, 0.5) is 5.00 Å². The van der Waals surface area contributed by atoms with Gasteiger partial charge in [0.2, 0.25) is 0 Å². The van der Waals surface area contributed by atoms with E-state index in [1.165, 1.54) is 22.3 Å². The van der Waals surface area contributed by atoms with E-state index in [0.29, 0.717) is 16.3 Å². The van der Waals surface area contributed by atoms with Crippen LogP contribution in [0, 0.1) is 0 Å². The Morgan fingerprint density at radius 1 is 1.23 bits per heavy atom. The first-order chi connectivity index (χ1) is 12.7. The Balaban J connectivity index is 1.55. The summed E-state index contributed by atoms with van der Waals surface area (Å²) in [6.45, 7) is 1.80. The predicted octanol–water partition coefficient (Wildman–Crippen LogP) is 1.92. The summed E-state index contributed by atoms with van der Waals surface area (Å²) < 4.78 is 11.9. The minimum Gasteiger partial charge on any atom is -0.484 e. The molecule has 2 heterocycles. The zero-order valence-corrected chi connectivity index (χ0v) is 14.6. The summed E-state index contributed by atoms with van der Waals surface area (Å²) in [7, 11) is 0. The molecule has 9 nitrogen and oxygen atoms in total. The molecule has 0 fully saturated rings. The second kappa shape index (κ2) is 8.21. The van der Waals surface area contributed by atoms with E-state index in [1.807, 2.05) is 0 Å². The Kier molecular flexibility index (Phi) is 5.54. The third-order valence-corrected chi connectivity index (χ3v) is 4.06. The standard InChI is InChI=1S/C16H15N5O4S/c1-2-24-16(23)13-7-8-26-15(13)18-14(22)9-25-12-5-3-11(4-6-12)21-10-17-19-20-21/h3-8,10H,2,9H2,1H3,(H,18,22). The van der Waals surface area contributed by atoms with Gasteiger partial charge in [-0.3, -0.25) is 4.79 Å². The van der Waals surface area contributed by atoms with Crippen LogP contribution in [0.1, 0.15) is 17.3 Å². The number of esters is 1. The van der Waals surface area contributed by atoms with Crippen LogP contribution in [0.5, 0.6) is 5.75 Å². The second-order valence-corrected chi connectivity index (χ2v) is 5.89. The van der Waals surface area contributed by atoms with Gasteiger partial charge in [0.05, 0.1) is 17.9 Å². The zero-order chi connectivity index (χ0) is 18.4. The molecule has 0 atom stereocenters. The van der Waals surface area contributed by atoms with Gasteiger partial charge in [0.15, 0.2) is 6.61 Å². The van der Waals surface area contributed by atoms with Crippen LogP contribution in [0.2, 0.25) is 0 Å². The highest BCUT2D eigenvalue weighted by Crippen LogP contribution is 2.24. The summed E-state index contributed by atoms with van der Waals surface area (Å²) in [6, 6.07) is 8.55. The van der Waals surface area contributed by atoms with Crippen molar-refractivity contribution in [3.63, 3.8) is 0 Å². The molecule has 0 saturated heterocycles. The number of aromatic nitrogens is 4. The minimum absolute atomic E-state index is 0.190. The Morgan fingerprint density at radius 3 is 2.73 bits per heavy atom. The monoisotopic (exact) mass is 373 g/mol. The molecule has 0 aliphatic rings. The summed E-state index contributed by atoms with van der Waals surface area (Å²) in [6.07, 6.45) is 1.48. The summed E-state index contributed by atoms with van der Waals surface area (Å²) in [5.74, 6) is -0.320. The Labute approximate surface area is 152 Å². The van der Waals surface area contributed by atoms with Crippen LogP contribution < -0.4 is 10.1 Å². The number of carbonyl (C=O) groups excluding carboxylic acids is 2. The molecule has 0 saturated carbocycles. The Bertz CT molecular complexity index is 876. The molecule has 26 heavy (non-hydrogen) atoms. The third-order valence-electron chi connectivity index (χ3n) is 3.23. The molecule has 0 aliphatic heterocycles. The highest BCUT2D eigenvalue weighted by molar-refractivity contribution is 7.14.